The fourth-order valence-corrected chi connectivity index (χ4v) is 4.67. The van der Waals surface area contributed by atoms with Crippen LogP contribution in [0.15, 0.2) is 24.3 Å². The Morgan fingerprint density at radius 2 is 1.56 bits per heavy atom. The van der Waals surface area contributed by atoms with E-state index in [1.807, 2.05) is 23.6 Å². The van der Waals surface area contributed by atoms with Crippen LogP contribution < -0.4 is 5.32 Å². The number of carbonyl (C=O) groups excluding carboxylic acids is 3. The summed E-state index contributed by atoms with van der Waals surface area (Å²) >= 11 is 5.92. The monoisotopic (exact) mass is 461 g/mol. The summed E-state index contributed by atoms with van der Waals surface area (Å²) < 4.78 is 0. The van der Waals surface area contributed by atoms with Crippen molar-refractivity contribution in [3.05, 3.63) is 34.9 Å². The third-order valence-corrected chi connectivity index (χ3v) is 7.38. The third-order valence-electron chi connectivity index (χ3n) is 7.12. The summed E-state index contributed by atoms with van der Waals surface area (Å²) in [5, 5.41) is 3.50. The van der Waals surface area contributed by atoms with Crippen molar-refractivity contribution in [2.24, 2.45) is 17.8 Å². The normalized spacial score (nSPS) is 20.0. The maximum absolute atomic E-state index is 13.3. The highest BCUT2D eigenvalue weighted by Crippen LogP contribution is 2.25. The van der Waals surface area contributed by atoms with E-state index in [1.165, 1.54) is 0 Å². The average Bonchev–Trinajstić information content (AvgIpc) is 2.82. The van der Waals surface area contributed by atoms with Crippen LogP contribution in [0.1, 0.15) is 63.2 Å². The molecule has 3 rings (SSSR count). The fourth-order valence-electron chi connectivity index (χ4n) is 4.54. The van der Waals surface area contributed by atoms with E-state index in [-0.39, 0.29) is 29.6 Å². The summed E-state index contributed by atoms with van der Waals surface area (Å²) in [4.78, 5) is 42.8. The SMILES string of the molecule is CCC(C)C(NC(=O)c1ccc(Cl)cc1)C(=O)N1CCC(C(=O)N2CCC(C)CC2)CC1. The van der Waals surface area contributed by atoms with Gasteiger partial charge in [-0.2, -0.15) is 0 Å². The van der Waals surface area contributed by atoms with Crippen molar-refractivity contribution >= 4 is 29.3 Å². The first-order valence-electron chi connectivity index (χ1n) is 11.9. The zero-order chi connectivity index (χ0) is 23.3. The predicted molar refractivity (Wildman–Crippen MR) is 126 cm³/mol. The highest BCUT2D eigenvalue weighted by Gasteiger charge is 2.35. The zero-order valence-electron chi connectivity index (χ0n) is 19.5. The molecule has 176 valence electrons. The Morgan fingerprint density at radius 3 is 2.12 bits per heavy atom. The van der Waals surface area contributed by atoms with E-state index in [2.05, 4.69) is 12.2 Å². The molecule has 0 radical (unpaired) electrons. The Morgan fingerprint density at radius 1 is 1.00 bits per heavy atom. The van der Waals surface area contributed by atoms with Crippen LogP contribution in [0.25, 0.3) is 0 Å². The molecule has 0 bridgehead atoms. The van der Waals surface area contributed by atoms with Gasteiger partial charge in [-0.1, -0.05) is 38.8 Å². The second-order valence-corrected chi connectivity index (χ2v) is 9.89. The highest BCUT2D eigenvalue weighted by molar-refractivity contribution is 6.30. The lowest BCUT2D eigenvalue weighted by molar-refractivity contribution is -0.142. The lowest BCUT2D eigenvalue weighted by atomic mass is 9.91. The number of hydrogen-bond donors (Lipinski definition) is 1. The van der Waals surface area contributed by atoms with Gasteiger partial charge in [-0.15, -0.1) is 0 Å². The lowest BCUT2D eigenvalue weighted by Crippen LogP contribution is -2.54. The number of amides is 3. The molecule has 1 N–H and O–H groups in total. The van der Waals surface area contributed by atoms with Crippen molar-refractivity contribution < 1.29 is 14.4 Å². The number of piperidine rings is 2. The summed E-state index contributed by atoms with van der Waals surface area (Å²) in [5.41, 5.74) is 0.482. The number of carbonyl (C=O) groups is 3. The van der Waals surface area contributed by atoms with Gasteiger partial charge in [-0.25, -0.2) is 0 Å². The molecule has 6 nitrogen and oxygen atoms in total. The molecule has 0 aromatic heterocycles. The van der Waals surface area contributed by atoms with E-state index in [0.29, 0.717) is 42.4 Å². The van der Waals surface area contributed by atoms with E-state index >= 15 is 0 Å². The van der Waals surface area contributed by atoms with Crippen molar-refractivity contribution in [3.63, 3.8) is 0 Å². The van der Waals surface area contributed by atoms with Gasteiger partial charge in [0.1, 0.15) is 6.04 Å². The highest BCUT2D eigenvalue weighted by atomic mass is 35.5. The second-order valence-electron chi connectivity index (χ2n) is 9.45. The van der Waals surface area contributed by atoms with Crippen LogP contribution in [0.5, 0.6) is 0 Å². The van der Waals surface area contributed by atoms with Gasteiger partial charge in [0, 0.05) is 42.7 Å². The predicted octanol–water partition coefficient (Wildman–Crippen LogP) is 3.98. The molecule has 1 aromatic rings. The first-order valence-corrected chi connectivity index (χ1v) is 12.3. The molecule has 7 heteroatoms. The van der Waals surface area contributed by atoms with Crippen LogP contribution in [0, 0.1) is 17.8 Å². The van der Waals surface area contributed by atoms with Gasteiger partial charge in [-0.05, 0) is 61.8 Å². The minimum atomic E-state index is -0.584. The van der Waals surface area contributed by atoms with E-state index in [9.17, 15) is 14.4 Å². The molecule has 1 aromatic carbocycles. The van der Waals surface area contributed by atoms with Gasteiger partial charge in [-0.3, -0.25) is 14.4 Å². The van der Waals surface area contributed by atoms with Crippen molar-refractivity contribution in [2.75, 3.05) is 26.2 Å². The number of nitrogens with one attached hydrogen (secondary N) is 1. The Kier molecular flexibility index (Phi) is 8.57. The Hall–Kier alpha value is -2.08. The minimum Gasteiger partial charge on any atom is -0.342 e. The van der Waals surface area contributed by atoms with Gasteiger partial charge < -0.3 is 15.1 Å². The Balaban J connectivity index is 1.58. The number of likely N-dealkylation sites (tertiary alicyclic amines) is 2. The molecule has 2 atom stereocenters. The molecule has 0 aliphatic carbocycles. The van der Waals surface area contributed by atoms with Crippen LogP contribution in [0.4, 0.5) is 0 Å². The molecule has 2 fully saturated rings. The van der Waals surface area contributed by atoms with Gasteiger partial charge >= 0.3 is 0 Å². The van der Waals surface area contributed by atoms with Gasteiger partial charge in [0.05, 0.1) is 0 Å². The van der Waals surface area contributed by atoms with Gasteiger partial charge in [0.2, 0.25) is 11.8 Å². The first kappa shape index (κ1) is 24.6. The molecule has 3 amide bonds. The van der Waals surface area contributed by atoms with Crippen LogP contribution in [-0.4, -0.2) is 59.7 Å². The molecule has 0 spiro atoms. The van der Waals surface area contributed by atoms with Crippen molar-refractivity contribution in [1.82, 2.24) is 15.1 Å². The summed E-state index contributed by atoms with van der Waals surface area (Å²) in [6.45, 7) is 9.07. The third kappa shape index (κ3) is 6.03. The van der Waals surface area contributed by atoms with E-state index in [1.54, 1.807) is 24.3 Å². The number of rotatable bonds is 6. The maximum Gasteiger partial charge on any atom is 0.251 e. The van der Waals surface area contributed by atoms with Crippen LogP contribution in [-0.2, 0) is 9.59 Å². The van der Waals surface area contributed by atoms with Crippen molar-refractivity contribution in [3.8, 4) is 0 Å². The quantitative estimate of drug-likeness (QED) is 0.696. The van der Waals surface area contributed by atoms with Crippen molar-refractivity contribution in [1.29, 1.82) is 0 Å². The summed E-state index contributed by atoms with van der Waals surface area (Å²) in [6, 6.07) is 6.07. The number of halogens is 1. The van der Waals surface area contributed by atoms with E-state index < -0.39 is 6.04 Å². The summed E-state index contributed by atoms with van der Waals surface area (Å²) in [7, 11) is 0. The smallest absolute Gasteiger partial charge is 0.251 e. The van der Waals surface area contributed by atoms with E-state index in [0.717, 1.165) is 32.4 Å². The topological polar surface area (TPSA) is 69.7 Å². The van der Waals surface area contributed by atoms with E-state index in [4.69, 9.17) is 11.6 Å². The number of nitrogens with zero attached hydrogens (tertiary/aromatic N) is 2. The van der Waals surface area contributed by atoms with Gasteiger partial charge in [0.25, 0.3) is 5.91 Å². The molecule has 0 saturated carbocycles. The Bertz CT molecular complexity index is 797. The standard InChI is InChI=1S/C25H36ClN3O3/c1-4-18(3)22(27-23(30)19-5-7-21(26)8-6-19)25(32)29-15-11-20(12-16-29)24(31)28-13-9-17(2)10-14-28/h5-8,17-18,20,22H,4,9-16H2,1-3H3,(H,27,30). The van der Waals surface area contributed by atoms with Crippen molar-refractivity contribution in [2.45, 2.75) is 58.9 Å². The minimum absolute atomic E-state index is 0.00170. The summed E-state index contributed by atoms with van der Waals surface area (Å²) in [6.07, 6.45) is 4.31. The van der Waals surface area contributed by atoms with Crippen LogP contribution >= 0.6 is 11.6 Å². The molecule has 2 aliphatic heterocycles. The van der Waals surface area contributed by atoms with Crippen LogP contribution in [0.3, 0.4) is 0 Å². The first-order chi connectivity index (χ1) is 15.3. The van der Waals surface area contributed by atoms with Crippen LogP contribution in [0.2, 0.25) is 5.02 Å². The molecular formula is C25H36ClN3O3. The molecule has 2 heterocycles. The average molecular weight is 462 g/mol. The number of benzene rings is 1. The summed E-state index contributed by atoms with van der Waals surface area (Å²) in [5.74, 6) is 0.619. The fraction of sp³-hybridized carbons (Fsp3) is 0.640. The second kappa shape index (κ2) is 11.2. The molecule has 2 aliphatic rings. The molecular weight excluding hydrogens is 426 g/mol. The molecule has 2 unspecified atom stereocenters. The Labute approximate surface area is 196 Å². The maximum atomic E-state index is 13.3. The zero-order valence-corrected chi connectivity index (χ0v) is 20.2. The number of hydrogen-bond acceptors (Lipinski definition) is 3. The largest absolute Gasteiger partial charge is 0.342 e. The molecule has 2 saturated heterocycles. The lowest BCUT2D eigenvalue weighted by Gasteiger charge is -2.38. The van der Waals surface area contributed by atoms with Gasteiger partial charge in [0.15, 0.2) is 0 Å². The molecule has 32 heavy (non-hydrogen) atoms.